The van der Waals surface area contributed by atoms with E-state index in [2.05, 4.69) is 22.5 Å². The number of hydrogen-bond acceptors (Lipinski definition) is 7. The van der Waals surface area contributed by atoms with Crippen LogP contribution in [0.4, 0.5) is 5.69 Å². The van der Waals surface area contributed by atoms with E-state index in [4.69, 9.17) is 14.2 Å². The molecule has 0 aliphatic heterocycles. The Hall–Kier alpha value is -3.66. The number of imidazole rings is 1. The van der Waals surface area contributed by atoms with Gasteiger partial charge in [0.05, 0.1) is 27.1 Å². The minimum atomic E-state index is -0.210. The number of unbranched alkanes of at least 4 members (excludes halogenated alkanes) is 1. The first-order valence-electron chi connectivity index (χ1n) is 11.1. The first kappa shape index (κ1) is 26.0. The summed E-state index contributed by atoms with van der Waals surface area (Å²) in [5.41, 5.74) is 1.98. The molecule has 10 heteroatoms. The fourth-order valence-corrected chi connectivity index (χ4v) is 4.10. The monoisotopic (exact) mass is 498 g/mol. The zero-order valence-corrected chi connectivity index (χ0v) is 21.1. The molecule has 186 valence electrons. The van der Waals surface area contributed by atoms with Gasteiger partial charge in [-0.15, -0.1) is 0 Å². The van der Waals surface area contributed by atoms with Crippen LogP contribution in [0.1, 0.15) is 30.1 Å². The van der Waals surface area contributed by atoms with Gasteiger partial charge in [-0.2, -0.15) is 0 Å². The molecule has 0 spiro atoms. The van der Waals surface area contributed by atoms with E-state index in [9.17, 15) is 9.59 Å². The van der Waals surface area contributed by atoms with Gasteiger partial charge in [0.15, 0.2) is 16.7 Å². The highest BCUT2D eigenvalue weighted by Crippen LogP contribution is 2.40. The van der Waals surface area contributed by atoms with Gasteiger partial charge >= 0.3 is 0 Å². The van der Waals surface area contributed by atoms with Crippen LogP contribution in [-0.4, -0.2) is 55.0 Å². The average molecular weight is 499 g/mol. The number of benzene rings is 2. The van der Waals surface area contributed by atoms with Crippen molar-refractivity contribution >= 4 is 29.3 Å². The summed E-state index contributed by atoms with van der Waals surface area (Å²) in [5.74, 6) is 1.20. The summed E-state index contributed by atoms with van der Waals surface area (Å²) in [6, 6.07) is 10.6. The molecule has 0 radical (unpaired) electrons. The zero-order chi connectivity index (χ0) is 25.2. The molecule has 1 heterocycles. The fraction of sp³-hybridized carbons (Fsp3) is 0.320. The number of carbonyl (C=O) groups excluding carboxylic acids is 2. The van der Waals surface area contributed by atoms with Crippen LogP contribution in [0.15, 0.2) is 53.9 Å². The number of carbonyl (C=O) groups is 2. The summed E-state index contributed by atoms with van der Waals surface area (Å²) in [6.45, 7) is 2.75. The van der Waals surface area contributed by atoms with Gasteiger partial charge in [0, 0.05) is 48.0 Å². The average Bonchev–Trinajstić information content (AvgIpc) is 3.35. The summed E-state index contributed by atoms with van der Waals surface area (Å²) in [7, 11) is 4.56. The van der Waals surface area contributed by atoms with Crippen molar-refractivity contribution in [3.8, 4) is 22.9 Å². The Kier molecular flexibility index (Phi) is 9.42. The van der Waals surface area contributed by atoms with E-state index in [1.165, 1.54) is 33.1 Å². The van der Waals surface area contributed by atoms with E-state index in [0.717, 1.165) is 18.5 Å². The highest BCUT2D eigenvalue weighted by atomic mass is 32.2. The fourth-order valence-electron chi connectivity index (χ4n) is 3.33. The molecule has 0 saturated carbocycles. The van der Waals surface area contributed by atoms with Crippen molar-refractivity contribution in [1.29, 1.82) is 0 Å². The molecule has 0 unspecified atom stereocenters. The maximum atomic E-state index is 12.6. The van der Waals surface area contributed by atoms with E-state index >= 15 is 0 Å². The molecule has 0 bridgehead atoms. The first-order chi connectivity index (χ1) is 17.0. The number of ether oxygens (including phenoxy) is 3. The summed E-state index contributed by atoms with van der Waals surface area (Å²) in [5, 5.41) is 6.42. The third kappa shape index (κ3) is 6.69. The van der Waals surface area contributed by atoms with E-state index in [-0.39, 0.29) is 17.6 Å². The second-order valence-electron chi connectivity index (χ2n) is 7.49. The summed E-state index contributed by atoms with van der Waals surface area (Å²) in [4.78, 5) is 29.2. The van der Waals surface area contributed by atoms with E-state index in [1.54, 1.807) is 30.5 Å². The number of hydrogen-bond donors (Lipinski definition) is 2. The molecule has 0 aliphatic carbocycles. The Balaban J connectivity index is 1.63. The number of nitrogens with zero attached hydrogens (tertiary/aromatic N) is 2. The SMILES string of the molecule is CCCCNC(=O)c1ccc(-n2ccnc2SCC(=O)Nc2cc(OC)c(OC)c(OC)c2)cc1. The first-order valence-corrected chi connectivity index (χ1v) is 12.1. The van der Waals surface area contributed by atoms with E-state index in [0.29, 0.717) is 40.2 Å². The zero-order valence-electron chi connectivity index (χ0n) is 20.3. The van der Waals surface area contributed by atoms with Gasteiger partial charge in [-0.05, 0) is 30.7 Å². The van der Waals surface area contributed by atoms with E-state index < -0.39 is 0 Å². The standard InChI is InChI=1S/C25H30N4O5S/c1-5-6-11-26-24(31)17-7-9-19(10-8-17)29-13-12-27-25(29)35-16-22(30)28-18-14-20(32-2)23(34-4)21(15-18)33-3/h7-10,12-15H,5-6,11,16H2,1-4H3,(H,26,31)(H,28,30). The molecule has 2 N–H and O–H groups in total. The topological polar surface area (TPSA) is 104 Å². The molecule has 9 nitrogen and oxygen atoms in total. The molecule has 0 fully saturated rings. The van der Waals surface area contributed by atoms with Crippen molar-refractivity contribution < 1.29 is 23.8 Å². The van der Waals surface area contributed by atoms with Crippen molar-refractivity contribution in [3.63, 3.8) is 0 Å². The second kappa shape index (κ2) is 12.7. The van der Waals surface area contributed by atoms with Gasteiger partial charge < -0.3 is 24.8 Å². The maximum Gasteiger partial charge on any atom is 0.251 e. The van der Waals surface area contributed by atoms with Gasteiger partial charge in [-0.1, -0.05) is 25.1 Å². The van der Waals surface area contributed by atoms with Gasteiger partial charge in [-0.25, -0.2) is 4.98 Å². The quantitative estimate of drug-likeness (QED) is 0.285. The van der Waals surface area contributed by atoms with Crippen LogP contribution in [0, 0.1) is 0 Å². The third-order valence-electron chi connectivity index (χ3n) is 5.11. The van der Waals surface area contributed by atoms with Gasteiger partial charge in [0.2, 0.25) is 11.7 Å². The summed E-state index contributed by atoms with van der Waals surface area (Å²) in [6.07, 6.45) is 5.47. The molecule has 1 aromatic heterocycles. The predicted molar refractivity (Wildman–Crippen MR) is 136 cm³/mol. The van der Waals surface area contributed by atoms with Crippen molar-refractivity contribution in [1.82, 2.24) is 14.9 Å². The Labute approximate surface area is 209 Å². The number of thioether (sulfide) groups is 1. The Bertz CT molecular complexity index is 1120. The summed E-state index contributed by atoms with van der Waals surface area (Å²) < 4.78 is 17.8. The molecule has 0 atom stereocenters. The van der Waals surface area contributed by atoms with Gasteiger partial charge in [0.1, 0.15) is 0 Å². The molecule has 0 aliphatic rings. The molecule has 2 aromatic carbocycles. The Morgan fingerprint density at radius 1 is 1.03 bits per heavy atom. The van der Waals surface area contributed by atoms with Gasteiger partial charge in [-0.3, -0.25) is 14.2 Å². The third-order valence-corrected chi connectivity index (χ3v) is 6.08. The predicted octanol–water partition coefficient (Wildman–Crippen LogP) is 4.16. The van der Waals surface area contributed by atoms with Crippen LogP contribution in [0.2, 0.25) is 0 Å². The van der Waals surface area contributed by atoms with Crippen LogP contribution in [0.5, 0.6) is 17.2 Å². The molecular weight excluding hydrogens is 468 g/mol. The van der Waals surface area contributed by atoms with Crippen LogP contribution in [0.3, 0.4) is 0 Å². The number of aromatic nitrogens is 2. The van der Waals surface area contributed by atoms with Crippen LogP contribution in [0.25, 0.3) is 5.69 Å². The number of methoxy groups -OCH3 is 3. The van der Waals surface area contributed by atoms with Gasteiger partial charge in [0.25, 0.3) is 5.91 Å². The molecular formula is C25H30N4O5S. The van der Waals surface area contributed by atoms with Crippen molar-refractivity contribution in [2.45, 2.75) is 24.9 Å². The lowest BCUT2D eigenvalue weighted by Crippen LogP contribution is -2.24. The Morgan fingerprint density at radius 2 is 1.71 bits per heavy atom. The van der Waals surface area contributed by atoms with Crippen LogP contribution < -0.4 is 24.8 Å². The summed E-state index contributed by atoms with van der Waals surface area (Å²) >= 11 is 1.30. The lowest BCUT2D eigenvalue weighted by Gasteiger charge is -2.14. The number of amides is 2. The van der Waals surface area contributed by atoms with Crippen molar-refractivity contribution in [2.24, 2.45) is 0 Å². The van der Waals surface area contributed by atoms with Crippen molar-refractivity contribution in [3.05, 3.63) is 54.4 Å². The van der Waals surface area contributed by atoms with Crippen LogP contribution in [-0.2, 0) is 4.79 Å². The largest absolute Gasteiger partial charge is 0.493 e. The molecule has 3 aromatic rings. The molecule has 35 heavy (non-hydrogen) atoms. The smallest absolute Gasteiger partial charge is 0.251 e. The molecule has 0 saturated heterocycles. The minimum Gasteiger partial charge on any atom is -0.493 e. The number of nitrogens with one attached hydrogen (secondary N) is 2. The number of anilines is 1. The van der Waals surface area contributed by atoms with Crippen LogP contribution >= 0.6 is 11.8 Å². The highest BCUT2D eigenvalue weighted by molar-refractivity contribution is 7.99. The normalized spacial score (nSPS) is 10.5. The Morgan fingerprint density at radius 3 is 2.31 bits per heavy atom. The van der Waals surface area contributed by atoms with Crippen molar-refractivity contribution in [2.75, 3.05) is 38.9 Å². The maximum absolute atomic E-state index is 12.6. The lowest BCUT2D eigenvalue weighted by atomic mass is 10.2. The molecule has 3 rings (SSSR count). The van der Waals surface area contributed by atoms with E-state index in [1.807, 2.05) is 22.9 Å². The number of rotatable bonds is 12. The second-order valence-corrected chi connectivity index (χ2v) is 8.43. The minimum absolute atomic E-state index is 0.0892. The highest BCUT2D eigenvalue weighted by Gasteiger charge is 2.15. The lowest BCUT2D eigenvalue weighted by molar-refractivity contribution is -0.113. The molecule has 2 amide bonds.